The number of anilines is 1. The van der Waals surface area contributed by atoms with Crippen LogP contribution in [-0.2, 0) is 10.0 Å². The molecule has 7 nitrogen and oxygen atoms in total. The summed E-state index contributed by atoms with van der Waals surface area (Å²) < 4.78 is 27.2. The third-order valence-electron chi connectivity index (χ3n) is 5.56. The van der Waals surface area contributed by atoms with E-state index in [0.717, 1.165) is 23.3 Å². The molecule has 1 aromatic heterocycles. The zero-order chi connectivity index (χ0) is 22.1. The van der Waals surface area contributed by atoms with Gasteiger partial charge in [-0.25, -0.2) is 8.42 Å². The predicted molar refractivity (Wildman–Crippen MR) is 119 cm³/mol. The van der Waals surface area contributed by atoms with Crippen molar-refractivity contribution in [1.29, 1.82) is 0 Å². The molecule has 0 spiro atoms. The average Bonchev–Trinajstić information content (AvgIpc) is 3.01. The summed E-state index contributed by atoms with van der Waals surface area (Å²) in [4.78, 5) is 26.0. The number of carbonyl (C=O) groups excluding carboxylic acids is 2. The minimum absolute atomic E-state index is 0.183. The van der Waals surface area contributed by atoms with Gasteiger partial charge in [-0.05, 0) is 62.4 Å². The molecule has 0 saturated carbocycles. The lowest BCUT2D eigenvalue weighted by Crippen LogP contribution is -2.37. The molecule has 0 aliphatic carbocycles. The van der Waals surface area contributed by atoms with Crippen molar-refractivity contribution in [2.75, 3.05) is 25.5 Å². The maximum absolute atomic E-state index is 12.8. The van der Waals surface area contributed by atoms with Crippen molar-refractivity contribution in [1.82, 2.24) is 9.62 Å². The molecule has 162 valence electrons. The number of thiophene rings is 1. The van der Waals surface area contributed by atoms with Gasteiger partial charge in [-0.3, -0.25) is 9.59 Å². The Balaban J connectivity index is 1.78. The number of nitrogens with one attached hydrogen (secondary N) is 2. The second kappa shape index (κ2) is 8.87. The summed E-state index contributed by atoms with van der Waals surface area (Å²) in [6, 6.07) is 5.93. The summed E-state index contributed by atoms with van der Waals surface area (Å²) in [5.74, 6) is -0.117. The van der Waals surface area contributed by atoms with Crippen LogP contribution < -0.4 is 10.6 Å². The first-order valence-corrected chi connectivity index (χ1v) is 12.1. The Bertz CT molecular complexity index is 1050. The smallest absolute Gasteiger partial charge is 0.256 e. The van der Waals surface area contributed by atoms with Gasteiger partial charge >= 0.3 is 0 Å². The lowest BCUT2D eigenvalue weighted by molar-refractivity contribution is 0.0963. The molecule has 0 radical (unpaired) electrons. The molecule has 1 aromatic carbocycles. The fourth-order valence-electron chi connectivity index (χ4n) is 3.44. The molecule has 1 aliphatic rings. The van der Waals surface area contributed by atoms with Crippen molar-refractivity contribution < 1.29 is 18.0 Å². The molecule has 2 aromatic rings. The predicted octanol–water partition coefficient (Wildman–Crippen LogP) is 3.40. The quantitative estimate of drug-likeness (QED) is 0.731. The van der Waals surface area contributed by atoms with Crippen molar-refractivity contribution in [2.24, 2.45) is 5.92 Å². The maximum Gasteiger partial charge on any atom is 0.256 e. The summed E-state index contributed by atoms with van der Waals surface area (Å²) in [5, 5.41) is 5.86. The number of piperidine rings is 1. The molecule has 1 aliphatic heterocycles. The molecular weight excluding hydrogens is 422 g/mol. The van der Waals surface area contributed by atoms with E-state index in [0.29, 0.717) is 35.1 Å². The van der Waals surface area contributed by atoms with Gasteiger partial charge in [0.25, 0.3) is 11.8 Å². The minimum Gasteiger partial charge on any atom is -0.355 e. The van der Waals surface area contributed by atoms with Crippen LogP contribution in [0.25, 0.3) is 0 Å². The minimum atomic E-state index is -3.56. The molecule has 2 N–H and O–H groups in total. The molecule has 3 rings (SSSR count). The van der Waals surface area contributed by atoms with E-state index in [1.807, 2.05) is 13.8 Å². The van der Waals surface area contributed by atoms with Crippen molar-refractivity contribution in [3.8, 4) is 0 Å². The first-order valence-electron chi connectivity index (χ1n) is 9.88. The molecular formula is C21H27N3O4S2. The van der Waals surface area contributed by atoms with Crippen LogP contribution in [0.3, 0.4) is 0 Å². The lowest BCUT2D eigenvalue weighted by atomic mass is 10.0. The summed E-state index contributed by atoms with van der Waals surface area (Å²) in [5.41, 5.74) is 1.60. The van der Waals surface area contributed by atoms with Crippen LogP contribution in [0.2, 0.25) is 0 Å². The highest BCUT2D eigenvalue weighted by molar-refractivity contribution is 7.89. The molecule has 1 saturated heterocycles. The fraction of sp³-hybridized carbons (Fsp3) is 0.429. The van der Waals surface area contributed by atoms with Gasteiger partial charge in [0, 0.05) is 30.6 Å². The molecule has 0 atom stereocenters. The second-order valence-corrected chi connectivity index (χ2v) is 10.8. The third kappa shape index (κ3) is 4.43. The number of amides is 2. The molecule has 2 heterocycles. The molecule has 1 fully saturated rings. The van der Waals surface area contributed by atoms with Crippen LogP contribution in [0, 0.1) is 19.8 Å². The normalized spacial score (nSPS) is 15.7. The lowest BCUT2D eigenvalue weighted by Gasteiger charge is -2.29. The maximum atomic E-state index is 12.8. The molecule has 9 heteroatoms. The Labute approximate surface area is 181 Å². The highest BCUT2D eigenvalue weighted by atomic mass is 32.2. The topological polar surface area (TPSA) is 95.6 Å². The number of benzene rings is 1. The van der Waals surface area contributed by atoms with Gasteiger partial charge in [0.2, 0.25) is 10.0 Å². The first kappa shape index (κ1) is 22.5. The number of hydrogen-bond acceptors (Lipinski definition) is 5. The van der Waals surface area contributed by atoms with E-state index in [9.17, 15) is 18.0 Å². The summed E-state index contributed by atoms with van der Waals surface area (Å²) in [6.07, 6.45) is 1.71. The standard InChI is InChI=1S/C21H27N3O4S2/c1-13-9-11-24(12-10-13)30(27,28)17-7-5-16(6-8-17)19(25)23-21-18(20(26)22-4)14(2)15(3)29-21/h5-8,13H,9-12H2,1-4H3,(H,22,26)(H,23,25). The molecule has 30 heavy (non-hydrogen) atoms. The second-order valence-electron chi connectivity index (χ2n) is 7.63. The van der Waals surface area contributed by atoms with E-state index in [1.54, 1.807) is 7.05 Å². The van der Waals surface area contributed by atoms with Crippen LogP contribution in [-0.4, -0.2) is 44.7 Å². The largest absolute Gasteiger partial charge is 0.355 e. The van der Waals surface area contributed by atoms with Gasteiger partial charge < -0.3 is 10.6 Å². The Morgan fingerprint density at radius 1 is 1.07 bits per heavy atom. The molecule has 2 amide bonds. The van der Waals surface area contributed by atoms with Gasteiger partial charge in [0.05, 0.1) is 10.5 Å². The van der Waals surface area contributed by atoms with E-state index >= 15 is 0 Å². The van der Waals surface area contributed by atoms with Crippen LogP contribution in [0.4, 0.5) is 5.00 Å². The number of carbonyl (C=O) groups is 2. The number of nitrogens with zero attached hydrogens (tertiary/aromatic N) is 1. The van der Waals surface area contributed by atoms with Crippen LogP contribution in [0.5, 0.6) is 0 Å². The Kier molecular flexibility index (Phi) is 6.64. The summed E-state index contributed by atoms with van der Waals surface area (Å²) in [7, 11) is -2.02. The Morgan fingerprint density at radius 2 is 1.67 bits per heavy atom. The summed E-state index contributed by atoms with van der Waals surface area (Å²) >= 11 is 1.34. The van der Waals surface area contributed by atoms with Crippen LogP contribution in [0.15, 0.2) is 29.2 Å². The third-order valence-corrected chi connectivity index (χ3v) is 8.60. The SMILES string of the molecule is CNC(=O)c1c(NC(=O)c2ccc(S(=O)(=O)N3CCC(C)CC3)cc2)sc(C)c1C. The van der Waals surface area contributed by atoms with Gasteiger partial charge in [0.1, 0.15) is 5.00 Å². The van der Waals surface area contributed by atoms with Gasteiger partial charge in [0.15, 0.2) is 0 Å². The van der Waals surface area contributed by atoms with Crippen LogP contribution in [0.1, 0.15) is 50.9 Å². The molecule has 0 bridgehead atoms. The van der Waals surface area contributed by atoms with Crippen molar-refractivity contribution in [2.45, 2.75) is 38.5 Å². The fourth-order valence-corrected chi connectivity index (χ4v) is 5.96. The average molecular weight is 450 g/mol. The molecule has 0 unspecified atom stereocenters. The van der Waals surface area contributed by atoms with E-state index in [4.69, 9.17) is 0 Å². The van der Waals surface area contributed by atoms with Crippen LogP contribution >= 0.6 is 11.3 Å². The first-order chi connectivity index (χ1) is 14.1. The number of sulfonamides is 1. The summed E-state index contributed by atoms with van der Waals surface area (Å²) in [6.45, 7) is 6.90. The highest BCUT2D eigenvalue weighted by Gasteiger charge is 2.28. The Hall–Kier alpha value is -2.23. The number of hydrogen-bond donors (Lipinski definition) is 2. The highest BCUT2D eigenvalue weighted by Crippen LogP contribution is 2.33. The number of rotatable bonds is 5. The van der Waals surface area contributed by atoms with Gasteiger partial charge in [-0.15, -0.1) is 11.3 Å². The number of aryl methyl sites for hydroxylation is 1. The Morgan fingerprint density at radius 3 is 2.23 bits per heavy atom. The zero-order valence-corrected chi connectivity index (χ0v) is 19.2. The zero-order valence-electron chi connectivity index (χ0n) is 17.6. The van der Waals surface area contributed by atoms with E-state index < -0.39 is 15.9 Å². The van der Waals surface area contributed by atoms with Gasteiger partial charge in [-0.2, -0.15) is 4.31 Å². The van der Waals surface area contributed by atoms with Crippen molar-refractivity contribution in [3.63, 3.8) is 0 Å². The van der Waals surface area contributed by atoms with Crippen molar-refractivity contribution in [3.05, 3.63) is 45.8 Å². The van der Waals surface area contributed by atoms with E-state index in [2.05, 4.69) is 17.6 Å². The van der Waals surface area contributed by atoms with E-state index in [-0.39, 0.29) is 10.8 Å². The van der Waals surface area contributed by atoms with Crippen molar-refractivity contribution >= 4 is 38.2 Å². The monoisotopic (exact) mass is 449 g/mol. The van der Waals surface area contributed by atoms with E-state index in [1.165, 1.54) is 39.9 Å². The van der Waals surface area contributed by atoms with Gasteiger partial charge in [-0.1, -0.05) is 6.92 Å².